The minimum atomic E-state index is -1.17. The van der Waals surface area contributed by atoms with Crippen LogP contribution in [0.2, 0.25) is 0 Å². The number of carbonyl (C=O) groups is 3. The molecule has 2 aliphatic rings. The molecule has 3 aromatic rings. The van der Waals surface area contributed by atoms with E-state index >= 15 is 0 Å². The van der Waals surface area contributed by atoms with Crippen LogP contribution in [0.15, 0.2) is 24.8 Å². The number of aromatic nitrogens is 4. The van der Waals surface area contributed by atoms with Gasteiger partial charge in [0.15, 0.2) is 0 Å². The molecule has 2 aliphatic heterocycles. The fourth-order valence-electron chi connectivity index (χ4n) is 6.63. The number of nitrogens with one attached hydrogen (secondary N) is 1. The number of carboxylic acids is 2. The molecule has 1 amide bonds. The zero-order valence-electron chi connectivity index (χ0n) is 27.4. The molecule has 8 bridgehead atoms. The van der Waals surface area contributed by atoms with Crippen molar-refractivity contribution in [3.05, 3.63) is 75.4 Å². The molecule has 3 N–H and O–H groups in total. The number of aliphatic carboxylic acids is 1. The second-order valence-corrected chi connectivity index (χ2v) is 11.9. The van der Waals surface area contributed by atoms with Crippen LogP contribution in [0, 0.1) is 13.8 Å². The number of hydrogen-bond donors (Lipinski definition) is 3. The summed E-state index contributed by atoms with van der Waals surface area (Å²) in [6.07, 6.45) is 2.44. The Bertz CT molecular complexity index is 1990. The molecule has 249 valence electrons. The van der Waals surface area contributed by atoms with Crippen molar-refractivity contribution in [3.8, 4) is 0 Å². The van der Waals surface area contributed by atoms with E-state index in [-0.39, 0.29) is 59.2 Å². The van der Waals surface area contributed by atoms with Crippen molar-refractivity contribution in [2.24, 2.45) is 0 Å². The Kier molecular flexibility index (Phi) is 10.6. The van der Waals surface area contributed by atoms with E-state index in [1.54, 1.807) is 26.0 Å². The fraction of sp³-hybridized carbons (Fsp3) is 0.361. The standard InChI is InChI=1S/C36H41N5O5.Cu/c1-8-21-17(4)25-14-27-19(6)23(11-12-32(43)44)34(40-27)24(13-31(42)37-10-3)35-33(36(45)46)20(7)28(41-35)16-30-22(9-2)18(5)26(39-30)15-29(21)38-25;/h8,14-16,19,23H,1,9-13H2,2-7H3,(H5,37,38,39,40,41,42,43,44,45,46);/q;+2/p-2/t19-,23-;/m0./s1. The SMILES string of the molecule is C=Cc1c(C)c2cc3nc(c(CC(=O)NCC)c4[n-]c(cc5nc(cc1[n-]2)C(C)=C5CC)c(C)c4C(=O)O)[C@@H](CCC(=O)O)[C@@H]3C.[Cu+2]. The first-order valence-electron chi connectivity index (χ1n) is 15.6. The molecule has 0 aliphatic carbocycles. The molecular formula is C36H39CuN5O5. The molecule has 0 saturated carbocycles. The van der Waals surface area contributed by atoms with Crippen LogP contribution in [0.3, 0.4) is 0 Å². The summed E-state index contributed by atoms with van der Waals surface area (Å²) in [5, 5.41) is 22.9. The monoisotopic (exact) mass is 684 g/mol. The Morgan fingerprint density at radius 3 is 2.28 bits per heavy atom. The van der Waals surface area contributed by atoms with Gasteiger partial charge in [0.2, 0.25) is 5.91 Å². The Labute approximate surface area is 284 Å². The molecular weight excluding hydrogens is 646 g/mol. The number of carboxylic acid groups (broad SMARTS) is 2. The number of hydrogen-bond acceptors (Lipinski definition) is 5. The zero-order valence-corrected chi connectivity index (χ0v) is 28.4. The second kappa shape index (κ2) is 14.1. The van der Waals surface area contributed by atoms with Crippen LogP contribution in [0.4, 0.5) is 0 Å². The number of aryl methyl sites for hydroxylation is 2. The molecule has 5 rings (SSSR count). The maximum absolute atomic E-state index is 13.2. The average Bonchev–Trinajstić information content (AvgIpc) is 3.68. The van der Waals surface area contributed by atoms with Crippen LogP contribution in [-0.2, 0) is 33.1 Å². The number of likely N-dealkylation sites (N-methyl/N-ethyl adjacent to an activating group) is 1. The molecule has 11 heteroatoms. The summed E-state index contributed by atoms with van der Waals surface area (Å²) in [5.41, 5.74) is 9.22. The number of aromatic carboxylic acids is 1. The van der Waals surface area contributed by atoms with E-state index in [0.29, 0.717) is 52.2 Å². The summed E-state index contributed by atoms with van der Waals surface area (Å²) in [7, 11) is 0. The second-order valence-electron chi connectivity index (χ2n) is 11.9. The molecule has 47 heavy (non-hydrogen) atoms. The molecule has 1 radical (unpaired) electrons. The van der Waals surface area contributed by atoms with E-state index < -0.39 is 17.9 Å². The Balaban J connectivity index is 0.00000500. The average molecular weight is 685 g/mol. The van der Waals surface area contributed by atoms with Crippen molar-refractivity contribution in [3.63, 3.8) is 0 Å². The molecule has 2 atom stereocenters. The summed E-state index contributed by atoms with van der Waals surface area (Å²) >= 11 is 0. The molecule has 0 unspecified atom stereocenters. The first-order chi connectivity index (χ1) is 21.9. The third-order valence-electron chi connectivity index (χ3n) is 9.17. The van der Waals surface area contributed by atoms with Gasteiger partial charge in [0.25, 0.3) is 0 Å². The number of carbonyl (C=O) groups excluding carboxylic acids is 1. The molecule has 0 saturated heterocycles. The van der Waals surface area contributed by atoms with E-state index in [4.69, 9.17) is 19.9 Å². The molecule has 5 heterocycles. The third-order valence-corrected chi connectivity index (χ3v) is 9.17. The van der Waals surface area contributed by atoms with Crippen LogP contribution in [-0.4, -0.2) is 44.6 Å². The number of nitrogens with zero attached hydrogens (tertiary/aromatic N) is 4. The minimum absolute atomic E-state index is 0. The Morgan fingerprint density at radius 1 is 0.979 bits per heavy atom. The van der Waals surface area contributed by atoms with Gasteiger partial charge < -0.3 is 25.5 Å². The Hall–Kier alpha value is -4.47. The van der Waals surface area contributed by atoms with E-state index in [2.05, 4.69) is 11.9 Å². The van der Waals surface area contributed by atoms with Gasteiger partial charge in [-0.15, -0.1) is 22.1 Å². The zero-order chi connectivity index (χ0) is 33.4. The van der Waals surface area contributed by atoms with E-state index in [0.717, 1.165) is 33.5 Å². The van der Waals surface area contributed by atoms with Crippen molar-refractivity contribution in [2.45, 2.75) is 79.1 Å². The van der Waals surface area contributed by atoms with Gasteiger partial charge in [-0.25, -0.2) is 9.78 Å². The van der Waals surface area contributed by atoms with E-state index in [9.17, 15) is 24.6 Å². The maximum Gasteiger partial charge on any atom is 2.00 e. The van der Waals surface area contributed by atoms with Crippen molar-refractivity contribution in [2.75, 3.05) is 6.54 Å². The largest absolute Gasteiger partial charge is 2.00 e. The summed E-state index contributed by atoms with van der Waals surface area (Å²) in [5.74, 6) is -3.08. The first-order valence-corrected chi connectivity index (χ1v) is 15.6. The number of amides is 1. The first kappa shape index (κ1) is 35.4. The Morgan fingerprint density at radius 2 is 1.66 bits per heavy atom. The van der Waals surface area contributed by atoms with Gasteiger partial charge >= 0.3 is 29.0 Å². The van der Waals surface area contributed by atoms with Crippen LogP contribution in [0.25, 0.3) is 39.3 Å². The van der Waals surface area contributed by atoms with Crippen molar-refractivity contribution >= 4 is 57.1 Å². The number of rotatable bonds is 9. The summed E-state index contributed by atoms with van der Waals surface area (Å²) < 4.78 is 0. The van der Waals surface area contributed by atoms with Crippen LogP contribution in [0.5, 0.6) is 0 Å². The maximum atomic E-state index is 13.2. The van der Waals surface area contributed by atoms with Gasteiger partial charge in [0.1, 0.15) is 0 Å². The fourth-order valence-corrected chi connectivity index (χ4v) is 6.63. The minimum Gasteiger partial charge on any atom is -0.657 e. The van der Waals surface area contributed by atoms with E-state index in [1.807, 2.05) is 39.8 Å². The van der Waals surface area contributed by atoms with Gasteiger partial charge in [0.05, 0.1) is 17.8 Å². The van der Waals surface area contributed by atoms with Crippen LogP contribution < -0.4 is 15.3 Å². The summed E-state index contributed by atoms with van der Waals surface area (Å²) in [6, 6.07) is 5.65. The van der Waals surface area contributed by atoms with Crippen LogP contribution >= 0.6 is 0 Å². The molecule has 0 aromatic carbocycles. The molecule has 3 aromatic heterocycles. The van der Waals surface area contributed by atoms with Crippen molar-refractivity contribution in [1.82, 2.24) is 25.3 Å². The van der Waals surface area contributed by atoms with Gasteiger partial charge in [-0.05, 0) is 62.8 Å². The molecule has 10 nitrogen and oxygen atoms in total. The third kappa shape index (κ3) is 6.55. The van der Waals surface area contributed by atoms with Gasteiger partial charge in [-0.3, -0.25) is 14.6 Å². The molecule has 0 fully saturated rings. The normalized spacial score (nSPS) is 15.7. The smallest absolute Gasteiger partial charge is 0.657 e. The predicted octanol–water partition coefficient (Wildman–Crippen LogP) is 6.30. The predicted molar refractivity (Wildman–Crippen MR) is 179 cm³/mol. The summed E-state index contributed by atoms with van der Waals surface area (Å²) in [6.45, 7) is 15.9. The topological polar surface area (TPSA) is 158 Å². The van der Waals surface area contributed by atoms with Gasteiger partial charge in [-0.1, -0.05) is 55.8 Å². The van der Waals surface area contributed by atoms with E-state index in [1.165, 1.54) is 0 Å². The van der Waals surface area contributed by atoms with Crippen molar-refractivity contribution < 1.29 is 41.7 Å². The number of fused-ring (bicyclic) bond motifs is 8. The van der Waals surface area contributed by atoms with Crippen molar-refractivity contribution in [1.29, 1.82) is 0 Å². The van der Waals surface area contributed by atoms with Crippen LogP contribution in [0.1, 0.15) is 114 Å². The summed E-state index contributed by atoms with van der Waals surface area (Å²) in [4.78, 5) is 57.6. The van der Waals surface area contributed by atoms with Gasteiger partial charge in [0, 0.05) is 41.8 Å². The quantitative estimate of drug-likeness (QED) is 0.220. The number of allylic oxidation sites excluding steroid dienone is 2. The molecule has 0 spiro atoms. The van der Waals surface area contributed by atoms with Gasteiger partial charge in [-0.2, -0.15) is 0 Å².